The van der Waals surface area contributed by atoms with Gasteiger partial charge in [-0.3, -0.25) is 9.89 Å². The summed E-state index contributed by atoms with van der Waals surface area (Å²) in [4.78, 5) is 12.7. The lowest BCUT2D eigenvalue weighted by Crippen LogP contribution is -2.12. The highest BCUT2D eigenvalue weighted by Gasteiger charge is 2.19. The van der Waals surface area contributed by atoms with Crippen LogP contribution >= 0.6 is 0 Å². The molecule has 4 nitrogen and oxygen atoms in total. The van der Waals surface area contributed by atoms with Gasteiger partial charge in [0.2, 0.25) is 0 Å². The van der Waals surface area contributed by atoms with Crippen LogP contribution in [0.5, 0.6) is 0 Å². The van der Waals surface area contributed by atoms with Crippen molar-refractivity contribution in [1.82, 2.24) is 10.2 Å². The van der Waals surface area contributed by atoms with Gasteiger partial charge in [0, 0.05) is 16.7 Å². The molecule has 126 valence electrons. The van der Waals surface area contributed by atoms with Crippen LogP contribution in [-0.4, -0.2) is 16.1 Å². The first kappa shape index (κ1) is 15.8. The van der Waals surface area contributed by atoms with Crippen LogP contribution < -0.4 is 5.32 Å². The van der Waals surface area contributed by atoms with E-state index in [4.69, 9.17) is 0 Å². The Morgan fingerprint density at radius 3 is 1.88 bits per heavy atom. The molecule has 0 bridgehead atoms. The lowest BCUT2D eigenvalue weighted by molar-refractivity contribution is 0.102. The van der Waals surface area contributed by atoms with E-state index < -0.39 is 0 Å². The van der Waals surface area contributed by atoms with Gasteiger partial charge in [0.25, 0.3) is 5.91 Å². The van der Waals surface area contributed by atoms with Gasteiger partial charge >= 0.3 is 0 Å². The lowest BCUT2D eigenvalue weighted by Gasteiger charge is -2.09. The number of amides is 1. The fourth-order valence-electron chi connectivity index (χ4n) is 2.86. The minimum absolute atomic E-state index is 0.165. The lowest BCUT2D eigenvalue weighted by atomic mass is 10.1. The van der Waals surface area contributed by atoms with E-state index in [1.807, 2.05) is 78.9 Å². The zero-order valence-corrected chi connectivity index (χ0v) is 14.0. The quantitative estimate of drug-likeness (QED) is 0.550. The number of H-pyrrole nitrogens is 1. The molecule has 4 aromatic rings. The standard InChI is InChI=1S/C22H17N3O/c26-22(18-14-8-3-9-15-18)23-21-19(16-10-4-1-5-11-16)24-25-20(21)17-12-6-2-7-13-17/h1-15H,(H,23,26)(H,24,25). The summed E-state index contributed by atoms with van der Waals surface area (Å²) in [7, 11) is 0. The van der Waals surface area contributed by atoms with E-state index in [9.17, 15) is 4.79 Å². The first-order valence-corrected chi connectivity index (χ1v) is 8.38. The Kier molecular flexibility index (Phi) is 4.31. The van der Waals surface area contributed by atoms with Crippen molar-refractivity contribution >= 4 is 11.6 Å². The number of hydrogen-bond donors (Lipinski definition) is 2. The number of nitrogens with one attached hydrogen (secondary N) is 2. The third-order valence-corrected chi connectivity index (χ3v) is 4.15. The monoisotopic (exact) mass is 339 g/mol. The van der Waals surface area contributed by atoms with Gasteiger partial charge in [-0.05, 0) is 12.1 Å². The number of nitrogens with zero attached hydrogens (tertiary/aromatic N) is 1. The predicted octanol–water partition coefficient (Wildman–Crippen LogP) is 5.00. The molecular formula is C22H17N3O. The van der Waals surface area contributed by atoms with Gasteiger partial charge in [-0.25, -0.2) is 0 Å². The molecule has 0 spiro atoms. The fourth-order valence-corrected chi connectivity index (χ4v) is 2.86. The summed E-state index contributed by atoms with van der Waals surface area (Å²) in [5.41, 5.74) is 4.69. The van der Waals surface area contributed by atoms with E-state index in [-0.39, 0.29) is 5.91 Å². The number of hydrogen-bond acceptors (Lipinski definition) is 2. The van der Waals surface area contributed by atoms with Gasteiger partial charge in [0.05, 0.1) is 11.4 Å². The molecule has 0 unspecified atom stereocenters. The SMILES string of the molecule is O=C(Nc1c(-c2ccccc2)n[nH]c1-c1ccccc1)c1ccccc1. The van der Waals surface area contributed by atoms with Crippen LogP contribution in [0, 0.1) is 0 Å². The van der Waals surface area contributed by atoms with Gasteiger partial charge in [-0.15, -0.1) is 0 Å². The van der Waals surface area contributed by atoms with E-state index in [0.29, 0.717) is 16.9 Å². The van der Waals surface area contributed by atoms with Crippen LogP contribution in [0.25, 0.3) is 22.5 Å². The second kappa shape index (κ2) is 7.07. The Bertz CT molecular complexity index is 952. The van der Waals surface area contributed by atoms with E-state index >= 15 is 0 Å². The second-order valence-electron chi connectivity index (χ2n) is 5.87. The van der Waals surface area contributed by atoms with Crippen LogP contribution in [0.2, 0.25) is 0 Å². The highest BCUT2D eigenvalue weighted by atomic mass is 16.1. The first-order valence-electron chi connectivity index (χ1n) is 8.38. The maximum absolute atomic E-state index is 12.7. The fraction of sp³-hybridized carbons (Fsp3) is 0. The first-order chi connectivity index (χ1) is 12.8. The third kappa shape index (κ3) is 3.13. The highest BCUT2D eigenvalue weighted by molar-refractivity contribution is 6.08. The van der Waals surface area contributed by atoms with Crippen molar-refractivity contribution in [3.05, 3.63) is 96.6 Å². The Balaban J connectivity index is 1.80. The average molecular weight is 339 g/mol. The molecule has 3 aromatic carbocycles. The Hall–Kier alpha value is -3.66. The minimum Gasteiger partial charge on any atom is -0.318 e. The van der Waals surface area contributed by atoms with Crippen molar-refractivity contribution in [2.75, 3.05) is 5.32 Å². The molecule has 2 N–H and O–H groups in total. The summed E-state index contributed by atoms with van der Waals surface area (Å²) < 4.78 is 0. The molecule has 4 rings (SSSR count). The van der Waals surface area contributed by atoms with E-state index in [2.05, 4.69) is 15.5 Å². The number of anilines is 1. The normalized spacial score (nSPS) is 10.5. The Morgan fingerprint density at radius 1 is 0.731 bits per heavy atom. The number of carbonyl (C=O) groups excluding carboxylic acids is 1. The Labute approximate surface area is 151 Å². The molecular weight excluding hydrogens is 322 g/mol. The Morgan fingerprint density at radius 2 is 1.27 bits per heavy atom. The van der Waals surface area contributed by atoms with Crippen LogP contribution in [-0.2, 0) is 0 Å². The van der Waals surface area contributed by atoms with Crippen molar-refractivity contribution < 1.29 is 4.79 Å². The minimum atomic E-state index is -0.165. The molecule has 0 saturated carbocycles. The van der Waals surface area contributed by atoms with Crippen LogP contribution in [0.3, 0.4) is 0 Å². The van der Waals surface area contributed by atoms with Gasteiger partial charge in [-0.1, -0.05) is 78.9 Å². The average Bonchev–Trinajstić information content (AvgIpc) is 3.13. The number of aromatic amines is 1. The molecule has 1 aromatic heterocycles. The van der Waals surface area contributed by atoms with Gasteiger partial charge in [0.1, 0.15) is 5.69 Å². The molecule has 26 heavy (non-hydrogen) atoms. The maximum Gasteiger partial charge on any atom is 0.255 e. The summed E-state index contributed by atoms with van der Waals surface area (Å²) in [6.45, 7) is 0. The zero-order valence-electron chi connectivity index (χ0n) is 14.0. The largest absolute Gasteiger partial charge is 0.318 e. The zero-order chi connectivity index (χ0) is 17.8. The molecule has 0 fully saturated rings. The smallest absolute Gasteiger partial charge is 0.255 e. The molecule has 0 aliphatic rings. The van der Waals surface area contributed by atoms with Crippen molar-refractivity contribution in [2.45, 2.75) is 0 Å². The van der Waals surface area contributed by atoms with E-state index in [1.54, 1.807) is 12.1 Å². The summed E-state index contributed by atoms with van der Waals surface area (Å²) >= 11 is 0. The van der Waals surface area contributed by atoms with Crippen molar-refractivity contribution in [2.24, 2.45) is 0 Å². The molecule has 0 atom stereocenters. The van der Waals surface area contributed by atoms with E-state index in [0.717, 1.165) is 16.8 Å². The molecule has 1 amide bonds. The van der Waals surface area contributed by atoms with Crippen molar-refractivity contribution in [1.29, 1.82) is 0 Å². The second-order valence-corrected chi connectivity index (χ2v) is 5.87. The van der Waals surface area contributed by atoms with Crippen LogP contribution in [0.15, 0.2) is 91.0 Å². The highest BCUT2D eigenvalue weighted by Crippen LogP contribution is 2.35. The third-order valence-electron chi connectivity index (χ3n) is 4.15. The molecule has 1 heterocycles. The molecule has 0 aliphatic heterocycles. The molecule has 0 radical (unpaired) electrons. The topological polar surface area (TPSA) is 57.8 Å². The molecule has 0 aliphatic carbocycles. The summed E-state index contributed by atoms with van der Waals surface area (Å²) in [5, 5.41) is 10.6. The van der Waals surface area contributed by atoms with Gasteiger partial charge in [-0.2, -0.15) is 5.10 Å². The number of benzene rings is 3. The van der Waals surface area contributed by atoms with Gasteiger partial charge < -0.3 is 5.32 Å². The van der Waals surface area contributed by atoms with E-state index in [1.165, 1.54) is 0 Å². The van der Waals surface area contributed by atoms with Crippen molar-refractivity contribution in [3.8, 4) is 22.5 Å². The number of rotatable bonds is 4. The number of carbonyl (C=O) groups is 1. The summed E-state index contributed by atoms with van der Waals surface area (Å²) in [5.74, 6) is -0.165. The number of aromatic nitrogens is 2. The molecule has 4 heteroatoms. The van der Waals surface area contributed by atoms with Crippen LogP contribution in [0.1, 0.15) is 10.4 Å². The van der Waals surface area contributed by atoms with Gasteiger partial charge in [0.15, 0.2) is 0 Å². The summed E-state index contributed by atoms with van der Waals surface area (Å²) in [6.07, 6.45) is 0. The van der Waals surface area contributed by atoms with Crippen molar-refractivity contribution in [3.63, 3.8) is 0 Å². The summed E-state index contributed by atoms with van der Waals surface area (Å²) in [6, 6.07) is 28.8. The predicted molar refractivity (Wildman–Crippen MR) is 104 cm³/mol. The molecule has 0 saturated heterocycles. The maximum atomic E-state index is 12.7. The van der Waals surface area contributed by atoms with Crippen LogP contribution in [0.4, 0.5) is 5.69 Å².